The minimum Gasteiger partial charge on any atom is -0.408 e. The highest BCUT2D eigenvalue weighted by atomic mass is 127. The van der Waals surface area contributed by atoms with E-state index in [0.717, 1.165) is 12.8 Å². The lowest BCUT2D eigenvalue weighted by Gasteiger charge is -2.43. The van der Waals surface area contributed by atoms with Crippen molar-refractivity contribution in [3.05, 3.63) is 58.2 Å². The maximum absolute atomic E-state index is 6.79. The van der Waals surface area contributed by atoms with Crippen molar-refractivity contribution in [3.63, 3.8) is 0 Å². The predicted molar refractivity (Wildman–Crippen MR) is 122 cm³/mol. The molecular weight excluding hydrogens is 435 g/mol. The van der Waals surface area contributed by atoms with Crippen LogP contribution in [0.5, 0.6) is 0 Å². The summed E-state index contributed by atoms with van der Waals surface area (Å²) in [6, 6.07) is 15.4. The SMILES string of the molecule is CC(C=CI)(CCc1ccc2ccccc2c1)O[Si](C)(C)C(C)(C)C. The zero-order valence-electron chi connectivity index (χ0n) is 16.4. The molecule has 1 atom stereocenters. The highest BCUT2D eigenvalue weighted by molar-refractivity contribution is 14.1. The Kier molecular flexibility index (Phi) is 6.55. The largest absolute Gasteiger partial charge is 0.408 e. The molecule has 0 aliphatic rings. The van der Waals surface area contributed by atoms with Gasteiger partial charge in [0.1, 0.15) is 0 Å². The van der Waals surface area contributed by atoms with Gasteiger partial charge in [0.05, 0.1) is 5.60 Å². The van der Waals surface area contributed by atoms with Crippen LogP contribution in [0.15, 0.2) is 52.6 Å². The van der Waals surface area contributed by atoms with Gasteiger partial charge in [0.2, 0.25) is 0 Å². The molecule has 0 saturated carbocycles. The number of aryl methyl sites for hydroxylation is 1. The van der Waals surface area contributed by atoms with E-state index in [9.17, 15) is 0 Å². The van der Waals surface area contributed by atoms with Gasteiger partial charge in [0.25, 0.3) is 0 Å². The van der Waals surface area contributed by atoms with E-state index in [2.05, 4.69) is 116 Å². The van der Waals surface area contributed by atoms with Crippen LogP contribution in [-0.4, -0.2) is 13.9 Å². The number of hydrogen-bond donors (Lipinski definition) is 0. The summed E-state index contributed by atoms with van der Waals surface area (Å²) in [6.45, 7) is 13.8. The molecule has 2 rings (SSSR count). The van der Waals surface area contributed by atoms with Gasteiger partial charge < -0.3 is 4.43 Å². The first-order chi connectivity index (χ1) is 11.6. The summed E-state index contributed by atoms with van der Waals surface area (Å²) in [7, 11) is -1.81. The first-order valence-electron chi connectivity index (χ1n) is 9.02. The fourth-order valence-electron chi connectivity index (χ4n) is 2.82. The topological polar surface area (TPSA) is 9.23 Å². The second kappa shape index (κ2) is 7.93. The highest BCUT2D eigenvalue weighted by Crippen LogP contribution is 2.40. The Bertz CT molecular complexity index is 745. The average Bonchev–Trinajstić information content (AvgIpc) is 2.51. The average molecular weight is 466 g/mol. The van der Waals surface area contributed by atoms with E-state index in [4.69, 9.17) is 4.43 Å². The predicted octanol–water partition coefficient (Wildman–Crippen LogP) is 7.50. The number of halogens is 1. The van der Waals surface area contributed by atoms with E-state index in [1.54, 1.807) is 0 Å². The van der Waals surface area contributed by atoms with Crippen LogP contribution in [0.4, 0.5) is 0 Å². The van der Waals surface area contributed by atoms with Crippen LogP contribution in [0.2, 0.25) is 18.1 Å². The summed E-state index contributed by atoms with van der Waals surface area (Å²) in [5, 5.41) is 2.84. The third-order valence-corrected chi connectivity index (χ3v) is 10.4. The standard InChI is InChI=1S/C22H31IOSi/c1-21(2,3)25(5,6)24-22(4,15-16-23)14-13-18-11-12-19-9-7-8-10-20(19)17-18/h7-12,15-17H,13-14H2,1-6H3. The molecular formula is C22H31IOSi. The number of rotatable bonds is 6. The fourth-order valence-corrected chi connectivity index (χ4v) is 5.23. The minimum absolute atomic E-state index is 0.212. The first-order valence-corrected chi connectivity index (χ1v) is 13.2. The Morgan fingerprint density at radius 1 is 1.00 bits per heavy atom. The molecule has 0 aromatic heterocycles. The lowest BCUT2D eigenvalue weighted by Crippen LogP contribution is -2.48. The van der Waals surface area contributed by atoms with Crippen LogP contribution in [0.3, 0.4) is 0 Å². The van der Waals surface area contributed by atoms with Crippen molar-refractivity contribution in [2.24, 2.45) is 0 Å². The van der Waals surface area contributed by atoms with E-state index in [1.165, 1.54) is 16.3 Å². The Labute approximate surface area is 168 Å². The van der Waals surface area contributed by atoms with Crippen molar-refractivity contribution in [2.45, 2.75) is 64.3 Å². The van der Waals surface area contributed by atoms with Crippen molar-refractivity contribution < 1.29 is 4.43 Å². The van der Waals surface area contributed by atoms with Crippen molar-refractivity contribution >= 4 is 41.7 Å². The number of hydrogen-bond acceptors (Lipinski definition) is 1. The molecule has 0 spiro atoms. The molecule has 0 amide bonds. The molecule has 1 unspecified atom stereocenters. The van der Waals surface area contributed by atoms with Gasteiger partial charge in [-0.15, -0.1) is 0 Å². The molecule has 2 aromatic carbocycles. The maximum Gasteiger partial charge on any atom is 0.193 e. The maximum atomic E-state index is 6.79. The molecule has 0 radical (unpaired) electrons. The Morgan fingerprint density at radius 3 is 2.24 bits per heavy atom. The Hall–Kier alpha value is -0.653. The smallest absolute Gasteiger partial charge is 0.193 e. The zero-order chi connectivity index (χ0) is 18.7. The molecule has 0 saturated heterocycles. The summed E-state index contributed by atoms with van der Waals surface area (Å²) >= 11 is 2.31. The molecule has 25 heavy (non-hydrogen) atoms. The normalized spacial score (nSPS) is 15.6. The van der Waals surface area contributed by atoms with E-state index < -0.39 is 8.32 Å². The molecule has 0 bridgehead atoms. The lowest BCUT2D eigenvalue weighted by atomic mass is 9.96. The third-order valence-electron chi connectivity index (χ3n) is 5.43. The van der Waals surface area contributed by atoms with E-state index >= 15 is 0 Å². The minimum atomic E-state index is -1.81. The van der Waals surface area contributed by atoms with Gasteiger partial charge in [-0.2, -0.15) is 0 Å². The molecule has 0 aliphatic carbocycles. The number of benzene rings is 2. The van der Waals surface area contributed by atoms with Crippen LogP contribution in [0.25, 0.3) is 10.8 Å². The van der Waals surface area contributed by atoms with Gasteiger partial charge >= 0.3 is 0 Å². The first kappa shape index (κ1) is 20.7. The van der Waals surface area contributed by atoms with Gasteiger partial charge in [0.15, 0.2) is 8.32 Å². The number of fused-ring (bicyclic) bond motifs is 1. The van der Waals surface area contributed by atoms with Gasteiger partial charge in [-0.05, 0) is 64.4 Å². The quantitative estimate of drug-likeness (QED) is 0.316. The molecule has 0 aliphatic heterocycles. The summed E-state index contributed by atoms with van der Waals surface area (Å²) < 4.78 is 8.89. The molecule has 1 nitrogen and oxygen atoms in total. The van der Waals surface area contributed by atoms with Crippen molar-refractivity contribution in [1.29, 1.82) is 0 Å². The third kappa shape index (κ3) is 5.41. The molecule has 2 aromatic rings. The summed E-state index contributed by atoms with van der Waals surface area (Å²) in [5.74, 6) is 0. The Balaban J connectivity index is 2.17. The highest BCUT2D eigenvalue weighted by Gasteiger charge is 2.41. The molecule has 0 fully saturated rings. The van der Waals surface area contributed by atoms with E-state index in [-0.39, 0.29) is 10.6 Å². The van der Waals surface area contributed by atoms with Gasteiger partial charge in [-0.3, -0.25) is 0 Å². The molecule has 3 heteroatoms. The summed E-state index contributed by atoms with van der Waals surface area (Å²) in [6.07, 6.45) is 4.25. The molecule has 0 N–H and O–H groups in total. The summed E-state index contributed by atoms with van der Waals surface area (Å²) in [4.78, 5) is 0. The fraction of sp³-hybridized carbons (Fsp3) is 0.455. The summed E-state index contributed by atoms with van der Waals surface area (Å²) in [5.41, 5.74) is 1.17. The monoisotopic (exact) mass is 466 g/mol. The second-order valence-corrected chi connectivity index (χ2v) is 14.1. The van der Waals surface area contributed by atoms with Crippen molar-refractivity contribution in [3.8, 4) is 0 Å². The molecule has 136 valence electrons. The van der Waals surface area contributed by atoms with Gasteiger partial charge in [0, 0.05) is 0 Å². The van der Waals surface area contributed by atoms with Crippen LogP contribution >= 0.6 is 22.6 Å². The second-order valence-electron chi connectivity index (χ2n) is 8.65. The van der Waals surface area contributed by atoms with Crippen LogP contribution < -0.4 is 0 Å². The van der Waals surface area contributed by atoms with Crippen molar-refractivity contribution in [1.82, 2.24) is 0 Å². The van der Waals surface area contributed by atoms with Crippen LogP contribution in [0, 0.1) is 0 Å². The van der Waals surface area contributed by atoms with E-state index in [0.29, 0.717) is 0 Å². The van der Waals surface area contributed by atoms with Gasteiger partial charge in [-0.1, -0.05) is 85.8 Å². The van der Waals surface area contributed by atoms with Gasteiger partial charge in [-0.25, -0.2) is 0 Å². The van der Waals surface area contributed by atoms with Crippen molar-refractivity contribution in [2.75, 3.05) is 0 Å². The molecule has 0 heterocycles. The van der Waals surface area contributed by atoms with Crippen LogP contribution in [0.1, 0.15) is 39.7 Å². The zero-order valence-corrected chi connectivity index (χ0v) is 19.6. The Morgan fingerprint density at radius 2 is 1.64 bits per heavy atom. The van der Waals surface area contributed by atoms with E-state index in [1.807, 2.05) is 0 Å². The van der Waals surface area contributed by atoms with Crippen LogP contribution in [-0.2, 0) is 10.8 Å². The lowest BCUT2D eigenvalue weighted by molar-refractivity contribution is 0.112.